The standard InChI is InChI=1S/C23H24N4O2S/c1-2-10-26-11-12-27(22(28)19-16-24-8-9-25-19)20(23(26)29)15-17-5-3-6-18(14-17)21-7-4-13-30-21/h3-9,13-14,16,20H,2,10-12,15H2,1H3. The van der Waals surface area contributed by atoms with Gasteiger partial charge >= 0.3 is 0 Å². The molecule has 3 heterocycles. The number of amides is 2. The van der Waals surface area contributed by atoms with Crippen LogP contribution in [0.1, 0.15) is 29.4 Å². The van der Waals surface area contributed by atoms with Gasteiger partial charge in [0.2, 0.25) is 5.91 Å². The number of nitrogens with zero attached hydrogens (tertiary/aromatic N) is 4. The van der Waals surface area contributed by atoms with Gasteiger partial charge in [0.05, 0.1) is 6.20 Å². The van der Waals surface area contributed by atoms with Gasteiger partial charge in [0, 0.05) is 43.3 Å². The van der Waals surface area contributed by atoms with E-state index in [0.717, 1.165) is 17.5 Å². The van der Waals surface area contributed by atoms with Crippen LogP contribution in [0, 0.1) is 0 Å². The second-order valence-corrected chi connectivity index (χ2v) is 8.26. The Morgan fingerprint density at radius 1 is 1.20 bits per heavy atom. The summed E-state index contributed by atoms with van der Waals surface area (Å²) in [4.78, 5) is 39.3. The summed E-state index contributed by atoms with van der Waals surface area (Å²) in [5.74, 6) is -0.242. The Morgan fingerprint density at radius 3 is 2.83 bits per heavy atom. The maximum absolute atomic E-state index is 13.3. The minimum absolute atomic E-state index is 0.00173. The van der Waals surface area contributed by atoms with Crippen LogP contribution >= 0.6 is 11.3 Å². The highest BCUT2D eigenvalue weighted by molar-refractivity contribution is 7.13. The van der Waals surface area contributed by atoms with Crippen molar-refractivity contribution in [3.63, 3.8) is 0 Å². The van der Waals surface area contributed by atoms with E-state index in [1.165, 1.54) is 23.5 Å². The molecule has 0 aliphatic carbocycles. The van der Waals surface area contributed by atoms with E-state index in [4.69, 9.17) is 0 Å². The van der Waals surface area contributed by atoms with Gasteiger partial charge in [0.25, 0.3) is 5.91 Å². The average Bonchev–Trinajstić information content (AvgIpc) is 3.32. The average molecular weight is 421 g/mol. The maximum atomic E-state index is 13.3. The van der Waals surface area contributed by atoms with Crippen molar-refractivity contribution in [1.82, 2.24) is 19.8 Å². The van der Waals surface area contributed by atoms with Gasteiger partial charge in [-0.05, 0) is 29.0 Å². The molecule has 4 rings (SSSR count). The number of hydrogen-bond acceptors (Lipinski definition) is 5. The summed E-state index contributed by atoms with van der Waals surface area (Å²) in [7, 11) is 0. The molecule has 154 valence electrons. The van der Waals surface area contributed by atoms with E-state index in [-0.39, 0.29) is 17.5 Å². The van der Waals surface area contributed by atoms with E-state index >= 15 is 0 Å². The van der Waals surface area contributed by atoms with E-state index in [0.29, 0.717) is 26.1 Å². The van der Waals surface area contributed by atoms with Crippen molar-refractivity contribution in [2.24, 2.45) is 0 Å². The Hall–Kier alpha value is -3.06. The van der Waals surface area contributed by atoms with E-state index in [1.807, 2.05) is 23.1 Å². The lowest BCUT2D eigenvalue weighted by atomic mass is 9.98. The lowest BCUT2D eigenvalue weighted by Crippen LogP contribution is -2.59. The molecule has 1 aliphatic rings. The molecule has 0 bridgehead atoms. The molecular weight excluding hydrogens is 396 g/mol. The molecule has 1 aromatic carbocycles. The summed E-state index contributed by atoms with van der Waals surface area (Å²) in [6.07, 6.45) is 5.87. The van der Waals surface area contributed by atoms with Crippen molar-refractivity contribution in [2.45, 2.75) is 25.8 Å². The van der Waals surface area contributed by atoms with Gasteiger partial charge in [-0.25, -0.2) is 4.98 Å². The Bertz CT molecular complexity index is 1010. The zero-order chi connectivity index (χ0) is 20.9. The first-order chi connectivity index (χ1) is 14.7. The molecule has 0 spiro atoms. The van der Waals surface area contributed by atoms with Gasteiger partial charge in [-0.2, -0.15) is 0 Å². The van der Waals surface area contributed by atoms with Gasteiger partial charge in [-0.15, -0.1) is 11.3 Å². The van der Waals surface area contributed by atoms with Crippen LogP contribution in [0.5, 0.6) is 0 Å². The van der Waals surface area contributed by atoms with E-state index in [1.54, 1.807) is 16.2 Å². The van der Waals surface area contributed by atoms with Crippen molar-refractivity contribution < 1.29 is 9.59 Å². The normalized spacial score (nSPS) is 16.7. The number of hydrogen-bond donors (Lipinski definition) is 0. The minimum Gasteiger partial charge on any atom is -0.339 e. The number of benzene rings is 1. The van der Waals surface area contributed by atoms with E-state index in [9.17, 15) is 9.59 Å². The fourth-order valence-electron chi connectivity index (χ4n) is 3.85. The fraction of sp³-hybridized carbons (Fsp3) is 0.304. The van der Waals surface area contributed by atoms with E-state index in [2.05, 4.69) is 40.5 Å². The third kappa shape index (κ3) is 4.26. The van der Waals surface area contributed by atoms with Crippen molar-refractivity contribution in [2.75, 3.05) is 19.6 Å². The second kappa shape index (κ2) is 9.17. The van der Waals surface area contributed by atoms with Crippen molar-refractivity contribution in [1.29, 1.82) is 0 Å². The summed E-state index contributed by atoms with van der Waals surface area (Å²) in [6.45, 7) is 3.81. The fourth-order valence-corrected chi connectivity index (χ4v) is 4.57. The number of carbonyl (C=O) groups is 2. The molecule has 6 nitrogen and oxygen atoms in total. The van der Waals surface area contributed by atoms with Crippen LogP contribution < -0.4 is 0 Å². The molecule has 1 fully saturated rings. The summed E-state index contributed by atoms with van der Waals surface area (Å²) in [6, 6.07) is 11.8. The van der Waals surface area contributed by atoms with Crippen molar-refractivity contribution >= 4 is 23.2 Å². The summed E-state index contributed by atoms with van der Waals surface area (Å²) in [5, 5.41) is 2.05. The van der Waals surface area contributed by atoms with Crippen LogP contribution in [-0.2, 0) is 11.2 Å². The molecule has 2 amide bonds. The molecule has 0 saturated carbocycles. The third-order valence-electron chi connectivity index (χ3n) is 5.28. The van der Waals surface area contributed by atoms with Crippen LogP contribution in [0.3, 0.4) is 0 Å². The highest BCUT2D eigenvalue weighted by atomic mass is 32.1. The Labute approximate surface area is 180 Å². The van der Waals surface area contributed by atoms with Gasteiger partial charge in [-0.1, -0.05) is 37.3 Å². The highest BCUT2D eigenvalue weighted by Crippen LogP contribution is 2.27. The number of piperazine rings is 1. The van der Waals surface area contributed by atoms with Crippen LogP contribution in [0.15, 0.2) is 60.4 Å². The molecular formula is C23H24N4O2S. The number of carbonyl (C=O) groups excluding carboxylic acids is 2. The SMILES string of the molecule is CCCN1CCN(C(=O)c2cnccn2)C(Cc2cccc(-c3cccs3)c2)C1=O. The van der Waals surface area contributed by atoms with Crippen LogP contribution in [0.2, 0.25) is 0 Å². The highest BCUT2D eigenvalue weighted by Gasteiger charge is 2.37. The predicted molar refractivity (Wildman–Crippen MR) is 117 cm³/mol. The zero-order valence-corrected chi connectivity index (χ0v) is 17.7. The summed E-state index contributed by atoms with van der Waals surface area (Å²) < 4.78 is 0. The van der Waals surface area contributed by atoms with E-state index < -0.39 is 6.04 Å². The molecule has 2 aromatic heterocycles. The molecule has 1 saturated heterocycles. The van der Waals surface area contributed by atoms with Crippen molar-refractivity contribution in [3.8, 4) is 10.4 Å². The molecule has 1 unspecified atom stereocenters. The topological polar surface area (TPSA) is 66.4 Å². The summed E-state index contributed by atoms with van der Waals surface area (Å²) >= 11 is 1.69. The third-order valence-corrected chi connectivity index (χ3v) is 6.20. The number of aromatic nitrogens is 2. The van der Waals surface area contributed by atoms with Crippen LogP contribution in [-0.4, -0.2) is 57.3 Å². The molecule has 1 aliphatic heterocycles. The zero-order valence-electron chi connectivity index (χ0n) is 16.9. The molecule has 0 N–H and O–H groups in total. The summed E-state index contributed by atoms with van der Waals surface area (Å²) in [5.41, 5.74) is 2.43. The minimum atomic E-state index is -0.543. The molecule has 0 radical (unpaired) electrons. The molecule has 3 aromatic rings. The molecule has 30 heavy (non-hydrogen) atoms. The first kappa shape index (κ1) is 20.2. The van der Waals surface area contributed by atoms with Gasteiger partial charge in [-0.3, -0.25) is 14.6 Å². The lowest BCUT2D eigenvalue weighted by Gasteiger charge is -2.40. The van der Waals surface area contributed by atoms with Gasteiger partial charge in [0.15, 0.2) is 0 Å². The number of thiophene rings is 1. The lowest BCUT2D eigenvalue weighted by molar-refractivity contribution is -0.140. The maximum Gasteiger partial charge on any atom is 0.274 e. The molecule has 1 atom stereocenters. The van der Waals surface area contributed by atoms with Gasteiger partial charge in [0.1, 0.15) is 11.7 Å². The first-order valence-electron chi connectivity index (χ1n) is 10.2. The first-order valence-corrected chi connectivity index (χ1v) is 11.0. The molecule has 7 heteroatoms. The Kier molecular flexibility index (Phi) is 6.18. The second-order valence-electron chi connectivity index (χ2n) is 7.31. The Balaban J connectivity index is 1.62. The smallest absolute Gasteiger partial charge is 0.274 e. The van der Waals surface area contributed by atoms with Crippen LogP contribution in [0.25, 0.3) is 10.4 Å². The largest absolute Gasteiger partial charge is 0.339 e. The predicted octanol–water partition coefficient (Wildman–Crippen LogP) is 3.51. The van der Waals surface area contributed by atoms with Crippen LogP contribution in [0.4, 0.5) is 0 Å². The Morgan fingerprint density at radius 2 is 2.10 bits per heavy atom. The van der Waals surface area contributed by atoms with Gasteiger partial charge < -0.3 is 9.80 Å². The number of rotatable bonds is 6. The quantitative estimate of drug-likeness (QED) is 0.612. The van der Waals surface area contributed by atoms with Crippen molar-refractivity contribution in [3.05, 3.63) is 71.6 Å². The monoisotopic (exact) mass is 420 g/mol.